The lowest BCUT2D eigenvalue weighted by Gasteiger charge is -2.14. The number of rotatable bonds is 2. The molecule has 0 aliphatic heterocycles. The second-order valence-electron chi connectivity index (χ2n) is 4.50. The van der Waals surface area contributed by atoms with Crippen LogP contribution in [0.4, 0.5) is 5.69 Å². The maximum Gasteiger partial charge on any atom is 0.221 e. The molecule has 1 aromatic rings. The summed E-state index contributed by atoms with van der Waals surface area (Å²) in [5.74, 6) is -0.109. The number of hydrogen-bond acceptors (Lipinski definition) is 2. The molecular formula is C13H15BrN2O2. The van der Waals surface area contributed by atoms with Crippen molar-refractivity contribution in [1.82, 2.24) is 5.32 Å². The SMILES string of the molecule is CC(=O)Nc1cc2c(cc1Br)C(NC(C)=O)CC2. The van der Waals surface area contributed by atoms with Gasteiger partial charge in [0.25, 0.3) is 0 Å². The van der Waals surface area contributed by atoms with Gasteiger partial charge in [0.15, 0.2) is 0 Å². The average molecular weight is 311 g/mol. The minimum absolute atomic E-state index is 0.0186. The van der Waals surface area contributed by atoms with Crippen molar-refractivity contribution in [1.29, 1.82) is 0 Å². The van der Waals surface area contributed by atoms with Crippen molar-refractivity contribution in [2.24, 2.45) is 0 Å². The Kier molecular flexibility index (Phi) is 3.71. The number of anilines is 1. The minimum atomic E-state index is -0.0907. The number of amides is 2. The molecule has 4 nitrogen and oxygen atoms in total. The molecule has 0 saturated carbocycles. The first kappa shape index (κ1) is 13.1. The topological polar surface area (TPSA) is 58.2 Å². The Morgan fingerprint density at radius 1 is 1.28 bits per heavy atom. The van der Waals surface area contributed by atoms with Gasteiger partial charge in [-0.1, -0.05) is 0 Å². The number of carbonyl (C=O) groups is 2. The van der Waals surface area contributed by atoms with Crippen LogP contribution in [0, 0.1) is 0 Å². The first-order valence-electron chi connectivity index (χ1n) is 5.84. The average Bonchev–Trinajstić information content (AvgIpc) is 2.60. The monoisotopic (exact) mass is 310 g/mol. The van der Waals surface area contributed by atoms with Gasteiger partial charge in [0, 0.05) is 18.3 Å². The van der Waals surface area contributed by atoms with Gasteiger partial charge in [0.2, 0.25) is 11.8 Å². The molecule has 0 heterocycles. The van der Waals surface area contributed by atoms with E-state index in [4.69, 9.17) is 0 Å². The summed E-state index contributed by atoms with van der Waals surface area (Å²) >= 11 is 3.44. The van der Waals surface area contributed by atoms with E-state index in [-0.39, 0.29) is 17.9 Å². The Bertz CT molecular complexity index is 514. The zero-order valence-corrected chi connectivity index (χ0v) is 11.9. The van der Waals surface area contributed by atoms with Crippen molar-refractivity contribution in [2.45, 2.75) is 32.7 Å². The molecular weight excluding hydrogens is 296 g/mol. The quantitative estimate of drug-likeness (QED) is 0.882. The molecule has 2 rings (SSSR count). The summed E-state index contributed by atoms with van der Waals surface area (Å²) in [6, 6.07) is 4.04. The summed E-state index contributed by atoms with van der Waals surface area (Å²) < 4.78 is 0.841. The lowest BCUT2D eigenvalue weighted by atomic mass is 10.1. The van der Waals surface area contributed by atoms with E-state index in [2.05, 4.69) is 26.6 Å². The van der Waals surface area contributed by atoms with Crippen molar-refractivity contribution in [3.8, 4) is 0 Å². The fourth-order valence-corrected chi connectivity index (χ4v) is 2.77. The summed E-state index contributed by atoms with van der Waals surface area (Å²) in [7, 11) is 0. The molecule has 2 N–H and O–H groups in total. The molecule has 0 aromatic heterocycles. The predicted octanol–water partition coefficient (Wildman–Crippen LogP) is 2.53. The third-order valence-electron chi connectivity index (χ3n) is 2.99. The van der Waals surface area contributed by atoms with Gasteiger partial charge in [-0.25, -0.2) is 0 Å². The Morgan fingerprint density at radius 2 is 2.00 bits per heavy atom. The molecule has 0 spiro atoms. The molecule has 0 radical (unpaired) electrons. The van der Waals surface area contributed by atoms with Crippen LogP contribution in [-0.4, -0.2) is 11.8 Å². The van der Waals surface area contributed by atoms with E-state index in [0.29, 0.717) is 0 Å². The zero-order chi connectivity index (χ0) is 13.3. The largest absolute Gasteiger partial charge is 0.350 e. The molecule has 0 bridgehead atoms. The second kappa shape index (κ2) is 5.10. The third kappa shape index (κ3) is 2.72. The molecule has 5 heteroatoms. The van der Waals surface area contributed by atoms with E-state index in [9.17, 15) is 9.59 Å². The first-order chi connectivity index (χ1) is 8.47. The number of hydrogen-bond donors (Lipinski definition) is 2. The van der Waals surface area contributed by atoms with E-state index in [1.165, 1.54) is 19.4 Å². The van der Waals surface area contributed by atoms with E-state index in [1.807, 2.05) is 12.1 Å². The first-order valence-corrected chi connectivity index (χ1v) is 6.63. The lowest BCUT2D eigenvalue weighted by Crippen LogP contribution is -2.24. The third-order valence-corrected chi connectivity index (χ3v) is 3.65. The maximum atomic E-state index is 11.1. The molecule has 1 unspecified atom stereocenters. The number of aryl methyl sites for hydroxylation is 1. The molecule has 18 heavy (non-hydrogen) atoms. The van der Waals surface area contributed by atoms with Gasteiger partial charge in [0.05, 0.1) is 11.7 Å². The highest BCUT2D eigenvalue weighted by molar-refractivity contribution is 9.10. The van der Waals surface area contributed by atoms with Crippen molar-refractivity contribution >= 4 is 33.4 Å². The van der Waals surface area contributed by atoms with E-state index < -0.39 is 0 Å². The molecule has 96 valence electrons. The molecule has 0 saturated heterocycles. The van der Waals surface area contributed by atoms with Crippen LogP contribution in [-0.2, 0) is 16.0 Å². The zero-order valence-electron chi connectivity index (χ0n) is 10.3. The van der Waals surface area contributed by atoms with Gasteiger partial charge in [-0.3, -0.25) is 9.59 Å². The Labute approximate surface area is 114 Å². The van der Waals surface area contributed by atoms with E-state index >= 15 is 0 Å². The van der Waals surface area contributed by atoms with Gasteiger partial charge in [-0.2, -0.15) is 0 Å². The van der Waals surface area contributed by atoms with Gasteiger partial charge in [-0.15, -0.1) is 0 Å². The molecule has 0 fully saturated rings. The number of halogens is 1. The van der Waals surface area contributed by atoms with E-state index in [1.54, 1.807) is 0 Å². The Morgan fingerprint density at radius 3 is 2.61 bits per heavy atom. The highest BCUT2D eigenvalue weighted by Crippen LogP contribution is 2.37. The Balaban J connectivity index is 2.30. The fraction of sp³-hybridized carbons (Fsp3) is 0.385. The number of nitrogens with one attached hydrogen (secondary N) is 2. The van der Waals surface area contributed by atoms with Crippen LogP contribution in [0.3, 0.4) is 0 Å². The summed E-state index contributed by atoms with van der Waals surface area (Å²) in [6.45, 7) is 3.01. The van der Waals surface area contributed by atoms with Gasteiger partial charge in [-0.05, 0) is 52.0 Å². The van der Waals surface area contributed by atoms with Crippen LogP contribution in [0.25, 0.3) is 0 Å². The van der Waals surface area contributed by atoms with Crippen LogP contribution in [0.15, 0.2) is 16.6 Å². The van der Waals surface area contributed by atoms with Crippen molar-refractivity contribution in [2.75, 3.05) is 5.32 Å². The number of carbonyl (C=O) groups excluding carboxylic acids is 2. The highest BCUT2D eigenvalue weighted by Gasteiger charge is 2.24. The van der Waals surface area contributed by atoms with Crippen LogP contribution in [0.2, 0.25) is 0 Å². The molecule has 1 aromatic carbocycles. The van der Waals surface area contributed by atoms with Gasteiger partial charge >= 0.3 is 0 Å². The summed E-state index contributed by atoms with van der Waals surface area (Å²) in [6.07, 6.45) is 1.82. The minimum Gasteiger partial charge on any atom is -0.350 e. The fourth-order valence-electron chi connectivity index (χ4n) is 2.31. The van der Waals surface area contributed by atoms with Crippen LogP contribution in [0.1, 0.15) is 37.4 Å². The smallest absolute Gasteiger partial charge is 0.221 e. The van der Waals surface area contributed by atoms with Gasteiger partial charge in [0.1, 0.15) is 0 Å². The predicted molar refractivity (Wildman–Crippen MR) is 73.3 cm³/mol. The maximum absolute atomic E-state index is 11.1. The standard InChI is InChI=1S/C13H15BrN2O2/c1-7(17)15-12-4-3-9-5-13(16-8(2)18)11(14)6-10(9)12/h5-6,12H,3-4H2,1-2H3,(H,15,17)(H,16,18). The van der Waals surface area contributed by atoms with Crippen molar-refractivity contribution < 1.29 is 9.59 Å². The molecule has 2 amide bonds. The van der Waals surface area contributed by atoms with Crippen LogP contribution >= 0.6 is 15.9 Å². The normalized spacial score (nSPS) is 17.2. The molecule has 1 aliphatic rings. The van der Waals surface area contributed by atoms with Crippen LogP contribution in [0.5, 0.6) is 0 Å². The number of benzene rings is 1. The van der Waals surface area contributed by atoms with Gasteiger partial charge < -0.3 is 10.6 Å². The van der Waals surface area contributed by atoms with E-state index in [0.717, 1.165) is 28.6 Å². The highest BCUT2D eigenvalue weighted by atomic mass is 79.9. The van der Waals surface area contributed by atoms with Crippen LogP contribution < -0.4 is 10.6 Å². The molecule has 1 aliphatic carbocycles. The summed E-state index contributed by atoms with van der Waals surface area (Å²) in [5, 5.41) is 5.72. The Hall–Kier alpha value is -1.36. The van der Waals surface area contributed by atoms with Crippen molar-refractivity contribution in [3.63, 3.8) is 0 Å². The second-order valence-corrected chi connectivity index (χ2v) is 5.36. The lowest BCUT2D eigenvalue weighted by molar-refractivity contribution is -0.119. The molecule has 1 atom stereocenters. The number of fused-ring (bicyclic) bond motifs is 1. The van der Waals surface area contributed by atoms with Crippen molar-refractivity contribution in [3.05, 3.63) is 27.7 Å². The summed E-state index contributed by atoms with van der Waals surface area (Å²) in [5.41, 5.74) is 3.09. The summed E-state index contributed by atoms with van der Waals surface area (Å²) in [4.78, 5) is 22.2.